The van der Waals surface area contributed by atoms with E-state index in [4.69, 9.17) is 0 Å². The van der Waals surface area contributed by atoms with Gasteiger partial charge in [0, 0.05) is 12.2 Å². The number of aromatic nitrogens is 4. The van der Waals surface area contributed by atoms with E-state index in [0.29, 0.717) is 5.65 Å². The zero-order chi connectivity index (χ0) is 15.8. The summed E-state index contributed by atoms with van der Waals surface area (Å²) in [5, 5.41) is 0.517. The number of aromatic amines is 1. The van der Waals surface area contributed by atoms with E-state index in [2.05, 4.69) is 26.0 Å². The molecule has 1 N–H and O–H groups in total. The number of rotatable bonds is 3. The molecular formula is C16H15N5OS. The molecule has 0 bridgehead atoms. The Morgan fingerprint density at radius 1 is 1.30 bits per heavy atom. The number of fused-ring (bicyclic) bond motifs is 2. The lowest BCUT2D eigenvalue weighted by Crippen LogP contribution is -2.35. The van der Waals surface area contributed by atoms with E-state index in [0.717, 1.165) is 29.2 Å². The predicted molar refractivity (Wildman–Crippen MR) is 89.5 cm³/mol. The molecule has 1 atom stereocenters. The second-order valence-electron chi connectivity index (χ2n) is 5.41. The van der Waals surface area contributed by atoms with Crippen molar-refractivity contribution in [1.82, 2.24) is 19.9 Å². The zero-order valence-electron chi connectivity index (χ0n) is 12.6. The molecule has 0 spiro atoms. The highest BCUT2D eigenvalue weighted by Gasteiger charge is 2.28. The number of hydrogen-bond acceptors (Lipinski definition) is 5. The van der Waals surface area contributed by atoms with Gasteiger partial charge >= 0.3 is 0 Å². The summed E-state index contributed by atoms with van der Waals surface area (Å²) in [6, 6.07) is 8.08. The van der Waals surface area contributed by atoms with Crippen LogP contribution in [0.5, 0.6) is 0 Å². The minimum absolute atomic E-state index is 0.103. The number of carbonyl (C=O) groups is 1. The number of H-pyrrole nitrogens is 1. The van der Waals surface area contributed by atoms with Crippen molar-refractivity contribution in [3.63, 3.8) is 0 Å². The van der Waals surface area contributed by atoms with Gasteiger partial charge in [0.15, 0.2) is 5.65 Å². The Bertz CT molecular complexity index is 878. The average Bonchev–Trinajstić information content (AvgIpc) is 3.21. The van der Waals surface area contributed by atoms with Crippen molar-refractivity contribution < 1.29 is 4.79 Å². The molecule has 1 aliphatic rings. The number of nitrogens with zero attached hydrogens (tertiary/aromatic N) is 4. The number of amides is 1. The van der Waals surface area contributed by atoms with Crippen LogP contribution >= 0.6 is 11.8 Å². The van der Waals surface area contributed by atoms with Crippen molar-refractivity contribution in [3.8, 4) is 0 Å². The van der Waals surface area contributed by atoms with Crippen molar-refractivity contribution in [2.24, 2.45) is 0 Å². The quantitative estimate of drug-likeness (QED) is 0.591. The second kappa shape index (κ2) is 5.66. The van der Waals surface area contributed by atoms with E-state index in [1.54, 1.807) is 6.33 Å². The molecular weight excluding hydrogens is 310 g/mol. The Labute approximate surface area is 137 Å². The first-order valence-electron chi connectivity index (χ1n) is 7.44. The summed E-state index contributed by atoms with van der Waals surface area (Å²) in [6.07, 6.45) is 3.98. The molecule has 3 aromatic rings. The number of carbonyl (C=O) groups excluding carboxylic acids is 1. The molecule has 3 heterocycles. The van der Waals surface area contributed by atoms with E-state index in [1.165, 1.54) is 23.7 Å². The summed E-state index contributed by atoms with van der Waals surface area (Å²) in [6.45, 7) is 2.66. The number of hydrogen-bond donors (Lipinski definition) is 1. The molecule has 7 heteroatoms. The van der Waals surface area contributed by atoms with Crippen molar-refractivity contribution in [2.75, 3.05) is 11.4 Å². The Kier molecular flexibility index (Phi) is 3.49. The fraction of sp³-hybridized carbons (Fsp3) is 0.250. The van der Waals surface area contributed by atoms with Crippen LogP contribution in [0.4, 0.5) is 5.69 Å². The molecule has 1 amide bonds. The molecule has 4 rings (SSSR count). The van der Waals surface area contributed by atoms with Crippen molar-refractivity contribution in [2.45, 2.75) is 23.6 Å². The molecule has 116 valence electrons. The van der Waals surface area contributed by atoms with Gasteiger partial charge < -0.3 is 9.88 Å². The molecule has 23 heavy (non-hydrogen) atoms. The highest BCUT2D eigenvalue weighted by Crippen LogP contribution is 2.32. The Hall–Kier alpha value is -2.41. The third kappa shape index (κ3) is 2.46. The maximum absolute atomic E-state index is 12.8. The van der Waals surface area contributed by atoms with Crippen LogP contribution in [0.1, 0.15) is 12.5 Å². The minimum Gasteiger partial charge on any atom is -0.341 e. The van der Waals surface area contributed by atoms with Gasteiger partial charge in [0.2, 0.25) is 5.91 Å². The topological polar surface area (TPSA) is 74.8 Å². The normalized spacial score (nSPS) is 14.9. The second-order valence-corrected chi connectivity index (χ2v) is 6.74. The number of anilines is 1. The van der Waals surface area contributed by atoms with Crippen molar-refractivity contribution in [3.05, 3.63) is 42.5 Å². The molecule has 0 fully saturated rings. The number of para-hydroxylation sites is 1. The van der Waals surface area contributed by atoms with Crippen LogP contribution in [0, 0.1) is 0 Å². The smallest absolute Gasteiger partial charge is 0.240 e. The maximum atomic E-state index is 12.8. The highest BCUT2D eigenvalue weighted by atomic mass is 32.2. The lowest BCUT2D eigenvalue weighted by atomic mass is 10.2. The fourth-order valence-electron chi connectivity index (χ4n) is 2.84. The zero-order valence-corrected chi connectivity index (χ0v) is 13.4. The highest BCUT2D eigenvalue weighted by molar-refractivity contribution is 8.00. The first kappa shape index (κ1) is 14.2. The van der Waals surface area contributed by atoms with Crippen LogP contribution in [0.25, 0.3) is 11.2 Å². The van der Waals surface area contributed by atoms with Gasteiger partial charge in [0.1, 0.15) is 16.9 Å². The van der Waals surface area contributed by atoms with E-state index < -0.39 is 0 Å². The third-order valence-corrected chi connectivity index (χ3v) is 5.07. The van der Waals surface area contributed by atoms with Crippen LogP contribution < -0.4 is 4.90 Å². The van der Waals surface area contributed by atoms with Crippen molar-refractivity contribution >= 4 is 34.5 Å². The van der Waals surface area contributed by atoms with Crippen LogP contribution in [0.2, 0.25) is 0 Å². The van der Waals surface area contributed by atoms with Gasteiger partial charge in [-0.05, 0) is 25.0 Å². The van der Waals surface area contributed by atoms with E-state index in [-0.39, 0.29) is 11.2 Å². The molecule has 0 radical (unpaired) electrons. The SMILES string of the molecule is CC(Sc1ncnc2nc[nH]c12)C(=O)N1CCc2ccccc21. The van der Waals surface area contributed by atoms with E-state index in [9.17, 15) is 4.79 Å². The summed E-state index contributed by atoms with van der Waals surface area (Å²) < 4.78 is 0. The van der Waals surface area contributed by atoms with Gasteiger partial charge in [0.25, 0.3) is 0 Å². The Morgan fingerprint density at radius 2 is 2.17 bits per heavy atom. The Balaban J connectivity index is 1.57. The lowest BCUT2D eigenvalue weighted by molar-refractivity contribution is -0.117. The summed E-state index contributed by atoms with van der Waals surface area (Å²) in [4.78, 5) is 30.2. The standard InChI is InChI=1S/C16H15N5OS/c1-10(23-15-13-14(18-8-17-13)19-9-20-15)16(22)21-7-6-11-4-2-3-5-12(11)21/h2-5,8-10H,6-7H2,1H3,(H,17,18,19,20). The maximum Gasteiger partial charge on any atom is 0.240 e. The summed E-state index contributed by atoms with van der Waals surface area (Å²) in [5.41, 5.74) is 3.66. The summed E-state index contributed by atoms with van der Waals surface area (Å²) in [7, 11) is 0. The van der Waals surface area contributed by atoms with Crippen LogP contribution in [0.15, 0.2) is 41.9 Å². The van der Waals surface area contributed by atoms with Gasteiger partial charge in [-0.3, -0.25) is 4.79 Å². The number of thioether (sulfide) groups is 1. The number of nitrogens with one attached hydrogen (secondary N) is 1. The third-order valence-electron chi connectivity index (χ3n) is 3.98. The first-order chi connectivity index (χ1) is 11.2. The van der Waals surface area contributed by atoms with Gasteiger partial charge in [-0.2, -0.15) is 0 Å². The van der Waals surface area contributed by atoms with E-state index in [1.807, 2.05) is 30.0 Å². The van der Waals surface area contributed by atoms with Crippen LogP contribution in [-0.4, -0.2) is 37.6 Å². The lowest BCUT2D eigenvalue weighted by Gasteiger charge is -2.21. The molecule has 1 aromatic carbocycles. The van der Waals surface area contributed by atoms with Crippen molar-refractivity contribution in [1.29, 1.82) is 0 Å². The first-order valence-corrected chi connectivity index (χ1v) is 8.32. The molecule has 6 nitrogen and oxygen atoms in total. The Morgan fingerprint density at radius 3 is 3.09 bits per heavy atom. The van der Waals surface area contributed by atoms with Crippen LogP contribution in [-0.2, 0) is 11.2 Å². The number of benzene rings is 1. The van der Waals surface area contributed by atoms with Gasteiger partial charge in [0.05, 0.1) is 11.6 Å². The molecule has 0 aliphatic carbocycles. The minimum atomic E-state index is -0.234. The molecule has 1 aliphatic heterocycles. The summed E-state index contributed by atoms with van der Waals surface area (Å²) >= 11 is 1.43. The predicted octanol–water partition coefficient (Wildman–Crippen LogP) is 2.42. The molecule has 1 unspecified atom stereocenters. The molecule has 0 saturated carbocycles. The number of imidazole rings is 1. The van der Waals surface area contributed by atoms with Gasteiger partial charge in [-0.1, -0.05) is 30.0 Å². The molecule has 0 saturated heterocycles. The van der Waals surface area contributed by atoms with Gasteiger partial charge in [-0.15, -0.1) is 0 Å². The van der Waals surface area contributed by atoms with E-state index >= 15 is 0 Å². The fourth-order valence-corrected chi connectivity index (χ4v) is 3.78. The largest absolute Gasteiger partial charge is 0.341 e. The molecule has 2 aromatic heterocycles. The van der Waals surface area contributed by atoms with Crippen LogP contribution in [0.3, 0.4) is 0 Å². The monoisotopic (exact) mass is 325 g/mol. The average molecular weight is 325 g/mol. The van der Waals surface area contributed by atoms with Gasteiger partial charge in [-0.25, -0.2) is 15.0 Å². The summed E-state index contributed by atoms with van der Waals surface area (Å²) in [5.74, 6) is 0.103.